The molecule has 2 fully saturated rings. The molecule has 0 spiro atoms. The number of carbonyl (C=O) groups is 4. The van der Waals surface area contributed by atoms with Gasteiger partial charge in [0.25, 0.3) is 0 Å². The molecule has 24 nitrogen and oxygen atoms in total. The van der Waals surface area contributed by atoms with E-state index in [4.69, 9.17) is 32.9 Å². The predicted molar refractivity (Wildman–Crippen MR) is 191 cm³/mol. The molecule has 2 aliphatic rings. The highest BCUT2D eigenvalue weighted by atomic mass is 31.2. The van der Waals surface area contributed by atoms with Gasteiger partial charge in [-0.15, -0.1) is 0 Å². The molecule has 0 aliphatic carbocycles. The minimum absolute atomic E-state index is 0.125. The molecule has 57 heavy (non-hydrogen) atoms. The summed E-state index contributed by atoms with van der Waals surface area (Å²) < 4.78 is 53.7. The summed E-state index contributed by atoms with van der Waals surface area (Å²) in [6.45, 7) is 0.709. The van der Waals surface area contributed by atoms with Crippen molar-refractivity contribution in [1.29, 1.82) is 0 Å². The molecular weight excluding hydrogens is 791 g/mol. The van der Waals surface area contributed by atoms with Gasteiger partial charge in [-0.05, 0) is 38.5 Å². The SMILES string of the molecule is COP(=O)(O)OC(COC(=O)NCCCCCOC1O[C@H](CO)C(O)[C@H](O)[C@H]1NC(C)=O)COC(=O)NCCCCCOC1O[C@H](CO)C(O)[C@H](O)[C@H]1NC(C)=O. The molecule has 0 saturated carbocycles. The second-order valence-electron chi connectivity index (χ2n) is 13.2. The first-order chi connectivity index (χ1) is 27.0. The normalized spacial score (nSPS) is 29.0. The maximum atomic E-state index is 12.2. The van der Waals surface area contributed by atoms with Crippen LogP contribution in [0.4, 0.5) is 9.59 Å². The molecule has 0 radical (unpaired) electrons. The minimum atomic E-state index is -4.57. The summed E-state index contributed by atoms with van der Waals surface area (Å²) >= 11 is 0. The number of amides is 4. The van der Waals surface area contributed by atoms with E-state index in [-0.39, 0.29) is 26.3 Å². The largest absolute Gasteiger partial charge is 0.472 e. The van der Waals surface area contributed by atoms with E-state index in [1.807, 2.05) is 0 Å². The summed E-state index contributed by atoms with van der Waals surface area (Å²) in [5.41, 5.74) is 0. The Balaban J connectivity index is 1.65. The number of hydrogen-bond donors (Lipinski definition) is 11. The van der Waals surface area contributed by atoms with Crippen molar-refractivity contribution < 1.29 is 96.7 Å². The standard InChI is InChI=1S/C32H59N4O20P/c1-18(39)35-23-27(43)25(41)21(14-37)54-29(23)50-12-8-4-6-10-33-31(45)52-16-20(56-57(47,48)49-3)17-53-32(46)34-11-7-5-9-13-51-30-24(36-19(2)40)28(44)26(42)22(15-38)55-30/h20-30,37-38,41-44H,4-17H2,1-3H3,(H,33,45)(H,34,46)(H,35,39)(H,36,40)(H,47,48)/t20?,21-,22-,23-,24-,25?,26?,27-,28-,29?,30?/m1/s1. The Morgan fingerprint density at radius 2 is 1.07 bits per heavy atom. The lowest BCUT2D eigenvalue weighted by atomic mass is 9.97. The molecule has 11 N–H and O–H groups in total. The second-order valence-corrected chi connectivity index (χ2v) is 14.7. The Morgan fingerprint density at radius 1 is 0.667 bits per heavy atom. The van der Waals surface area contributed by atoms with Gasteiger partial charge in [0.1, 0.15) is 68.0 Å². The van der Waals surface area contributed by atoms with E-state index in [0.717, 1.165) is 7.11 Å². The van der Waals surface area contributed by atoms with Crippen molar-refractivity contribution in [2.45, 2.75) is 120 Å². The van der Waals surface area contributed by atoms with Gasteiger partial charge in [-0.25, -0.2) is 14.2 Å². The van der Waals surface area contributed by atoms with Crippen molar-refractivity contribution in [3.8, 4) is 0 Å². The fourth-order valence-electron chi connectivity index (χ4n) is 5.59. The number of alkyl carbamates (subject to hydrolysis) is 2. The van der Waals surface area contributed by atoms with Crippen LogP contribution in [0.25, 0.3) is 0 Å². The zero-order valence-electron chi connectivity index (χ0n) is 32.1. The van der Waals surface area contributed by atoms with Gasteiger partial charge in [-0.2, -0.15) is 0 Å². The van der Waals surface area contributed by atoms with E-state index < -0.39 is 126 Å². The topological polar surface area (TPSA) is 349 Å². The zero-order valence-corrected chi connectivity index (χ0v) is 33.0. The lowest BCUT2D eigenvalue weighted by molar-refractivity contribution is -0.270. The number of phosphoric ester groups is 1. The van der Waals surface area contributed by atoms with Gasteiger partial charge in [0, 0.05) is 47.3 Å². The fourth-order valence-corrected chi connectivity index (χ4v) is 6.18. The van der Waals surface area contributed by atoms with E-state index >= 15 is 0 Å². The van der Waals surface area contributed by atoms with Crippen LogP contribution in [0, 0.1) is 0 Å². The molecule has 4 amide bonds. The number of aliphatic hydroxyl groups excluding tert-OH is 6. The van der Waals surface area contributed by atoms with E-state index in [9.17, 15) is 59.3 Å². The fraction of sp³-hybridized carbons (Fsp3) is 0.875. The molecular formula is C32H59N4O20P. The number of hydrogen-bond acceptors (Lipinski definition) is 19. The molecule has 0 bridgehead atoms. The third-order valence-electron chi connectivity index (χ3n) is 8.56. The highest BCUT2D eigenvalue weighted by molar-refractivity contribution is 7.47. The van der Waals surface area contributed by atoms with E-state index in [0.29, 0.717) is 38.5 Å². The molecule has 0 aromatic carbocycles. The predicted octanol–water partition coefficient (Wildman–Crippen LogP) is -3.17. The van der Waals surface area contributed by atoms with Crippen LogP contribution < -0.4 is 21.3 Å². The summed E-state index contributed by atoms with van der Waals surface area (Å²) in [7, 11) is -3.66. The number of nitrogens with one attached hydrogen (secondary N) is 4. The molecule has 332 valence electrons. The molecule has 0 aromatic heterocycles. The molecule has 11 atom stereocenters. The highest BCUT2D eigenvalue weighted by Gasteiger charge is 2.46. The van der Waals surface area contributed by atoms with Crippen LogP contribution in [-0.4, -0.2) is 187 Å². The van der Waals surface area contributed by atoms with Gasteiger partial charge in [-0.1, -0.05) is 0 Å². The summed E-state index contributed by atoms with van der Waals surface area (Å²) in [6.07, 6.45) is -10.4. The zero-order chi connectivity index (χ0) is 42.5. The molecule has 2 rings (SSSR count). The van der Waals surface area contributed by atoms with Gasteiger partial charge < -0.3 is 85.2 Å². The maximum Gasteiger partial charge on any atom is 0.472 e. The Bertz CT molecular complexity index is 1190. The van der Waals surface area contributed by atoms with Crippen molar-refractivity contribution in [3.05, 3.63) is 0 Å². The Kier molecular flexibility index (Phi) is 23.2. The van der Waals surface area contributed by atoms with Crippen LogP contribution in [0.3, 0.4) is 0 Å². The molecule has 25 heteroatoms. The van der Waals surface area contributed by atoms with E-state index in [2.05, 4.69) is 25.8 Å². The van der Waals surface area contributed by atoms with E-state index in [1.54, 1.807) is 0 Å². The van der Waals surface area contributed by atoms with Gasteiger partial charge in [0.15, 0.2) is 12.6 Å². The van der Waals surface area contributed by atoms with Crippen molar-refractivity contribution in [1.82, 2.24) is 21.3 Å². The second kappa shape index (κ2) is 26.3. The van der Waals surface area contributed by atoms with Crippen LogP contribution >= 0.6 is 7.82 Å². The third kappa shape index (κ3) is 18.3. The van der Waals surface area contributed by atoms with Crippen molar-refractivity contribution in [2.24, 2.45) is 0 Å². The average Bonchev–Trinajstić information content (AvgIpc) is 3.16. The van der Waals surface area contributed by atoms with Crippen molar-refractivity contribution in [2.75, 3.05) is 59.8 Å². The Morgan fingerprint density at radius 3 is 1.42 bits per heavy atom. The first kappa shape index (κ1) is 50.3. The van der Waals surface area contributed by atoms with Gasteiger partial charge in [0.2, 0.25) is 11.8 Å². The quantitative estimate of drug-likeness (QED) is 0.0319. The smallest absolute Gasteiger partial charge is 0.447 e. The van der Waals surface area contributed by atoms with Gasteiger partial charge in [0.05, 0.1) is 13.2 Å². The average molecular weight is 851 g/mol. The van der Waals surface area contributed by atoms with Gasteiger partial charge in [-0.3, -0.25) is 18.6 Å². The maximum absolute atomic E-state index is 12.2. The number of phosphoric acid groups is 1. The summed E-state index contributed by atoms with van der Waals surface area (Å²) in [6, 6.07) is -2.13. The molecule has 2 aliphatic heterocycles. The van der Waals surface area contributed by atoms with Crippen LogP contribution in [0.5, 0.6) is 0 Å². The van der Waals surface area contributed by atoms with Crippen LogP contribution in [0.1, 0.15) is 52.4 Å². The molecule has 0 aromatic rings. The van der Waals surface area contributed by atoms with Crippen LogP contribution in [0.2, 0.25) is 0 Å². The number of unbranched alkanes of at least 4 members (excludes halogenated alkanes) is 4. The Hall–Kier alpha value is -2.81. The number of rotatable bonds is 25. The third-order valence-corrected chi connectivity index (χ3v) is 9.59. The summed E-state index contributed by atoms with van der Waals surface area (Å²) in [4.78, 5) is 57.3. The number of ether oxygens (including phenoxy) is 6. The summed E-state index contributed by atoms with van der Waals surface area (Å²) in [5, 5.41) is 69.6. The first-order valence-corrected chi connectivity index (χ1v) is 19.9. The van der Waals surface area contributed by atoms with Crippen molar-refractivity contribution >= 4 is 31.8 Å². The Labute approximate surface area is 329 Å². The molecule has 2 heterocycles. The molecule has 5 unspecified atom stereocenters. The minimum Gasteiger partial charge on any atom is -0.447 e. The highest BCUT2D eigenvalue weighted by Crippen LogP contribution is 2.43. The van der Waals surface area contributed by atoms with Crippen LogP contribution in [-0.2, 0) is 51.6 Å². The molecule has 2 saturated heterocycles. The van der Waals surface area contributed by atoms with E-state index in [1.165, 1.54) is 13.8 Å². The number of aliphatic hydroxyl groups is 6. The van der Waals surface area contributed by atoms with Gasteiger partial charge >= 0.3 is 20.0 Å². The number of carbonyl (C=O) groups excluding carboxylic acids is 4. The summed E-state index contributed by atoms with van der Waals surface area (Å²) in [5.74, 6) is -0.962. The van der Waals surface area contributed by atoms with Crippen LogP contribution in [0.15, 0.2) is 0 Å². The monoisotopic (exact) mass is 850 g/mol. The lowest BCUT2D eigenvalue weighted by Gasteiger charge is -2.42. The van der Waals surface area contributed by atoms with Crippen molar-refractivity contribution in [3.63, 3.8) is 0 Å². The lowest BCUT2D eigenvalue weighted by Crippen LogP contribution is -2.64. The first-order valence-electron chi connectivity index (χ1n) is 18.4.